The second kappa shape index (κ2) is 6.34. The maximum atomic E-state index is 13.4. The molecule has 5 nitrogen and oxygen atoms in total. The number of nitrogens with zero attached hydrogens (tertiary/aromatic N) is 2. The minimum atomic E-state index is -0.183. The number of nitrogens with one attached hydrogen (secondary N) is 1. The lowest BCUT2D eigenvalue weighted by molar-refractivity contribution is -0.00345. The highest BCUT2D eigenvalue weighted by Gasteiger charge is 2.54. The first kappa shape index (κ1) is 16.8. The number of carbonyl (C=O) groups is 1. The fraction of sp³-hybridized carbons (Fsp3) is 0.455. The predicted molar refractivity (Wildman–Crippen MR) is 104 cm³/mol. The number of amides is 1. The van der Waals surface area contributed by atoms with E-state index in [0.29, 0.717) is 24.4 Å². The highest BCUT2D eigenvalue weighted by atomic mass is 16.2. The molecule has 0 spiro atoms. The molecule has 2 bridgehead atoms. The molecule has 0 radical (unpaired) electrons. The van der Waals surface area contributed by atoms with E-state index >= 15 is 0 Å². The van der Waals surface area contributed by atoms with Crippen molar-refractivity contribution in [3.8, 4) is 0 Å². The van der Waals surface area contributed by atoms with E-state index in [2.05, 4.69) is 34.1 Å². The molecule has 0 saturated carbocycles. The Labute approximate surface area is 159 Å². The average molecular weight is 363 g/mol. The van der Waals surface area contributed by atoms with Crippen molar-refractivity contribution in [1.82, 2.24) is 14.8 Å². The Kier molecular flexibility index (Phi) is 3.93. The smallest absolute Gasteiger partial charge is 0.259 e. The fourth-order valence-corrected chi connectivity index (χ4v) is 5.54. The Morgan fingerprint density at radius 1 is 1.11 bits per heavy atom. The number of pyridine rings is 1. The topological polar surface area (TPSA) is 56.4 Å². The summed E-state index contributed by atoms with van der Waals surface area (Å²) >= 11 is 0. The lowest BCUT2D eigenvalue weighted by Gasteiger charge is -2.51. The number of aromatic amines is 1. The lowest BCUT2D eigenvalue weighted by Crippen LogP contribution is -2.60. The van der Waals surface area contributed by atoms with Crippen LogP contribution < -0.4 is 5.43 Å². The second-order valence-electron chi connectivity index (χ2n) is 8.22. The minimum Gasteiger partial charge on any atom is -0.364 e. The van der Waals surface area contributed by atoms with Gasteiger partial charge in [-0.15, -0.1) is 0 Å². The van der Waals surface area contributed by atoms with Gasteiger partial charge in [-0.05, 0) is 44.3 Å². The lowest BCUT2D eigenvalue weighted by atomic mass is 9.75. The summed E-state index contributed by atoms with van der Waals surface area (Å²) in [4.78, 5) is 33.4. The van der Waals surface area contributed by atoms with Crippen LogP contribution in [-0.2, 0) is 0 Å². The summed E-state index contributed by atoms with van der Waals surface area (Å²) in [6, 6.07) is 12.7. The largest absolute Gasteiger partial charge is 0.364 e. The van der Waals surface area contributed by atoms with Gasteiger partial charge in [0.05, 0.1) is 6.04 Å². The van der Waals surface area contributed by atoms with E-state index in [9.17, 15) is 9.59 Å². The minimum absolute atomic E-state index is 0.113. The SMILES string of the molecule is Cc1cc(=O)c(C(=O)N2C[C@H](c3ccccc3)[C@@H]3[C@H]2C2CCN3CC2)c[nH]1. The summed E-state index contributed by atoms with van der Waals surface area (Å²) in [5.74, 6) is 0.744. The summed E-state index contributed by atoms with van der Waals surface area (Å²) in [5, 5.41) is 0. The van der Waals surface area contributed by atoms with Crippen molar-refractivity contribution in [2.24, 2.45) is 5.92 Å². The molecule has 1 N–H and O–H groups in total. The van der Waals surface area contributed by atoms with Crippen LogP contribution in [0.4, 0.5) is 0 Å². The van der Waals surface area contributed by atoms with Gasteiger partial charge in [-0.3, -0.25) is 14.5 Å². The number of hydrogen-bond donors (Lipinski definition) is 1. The van der Waals surface area contributed by atoms with E-state index in [1.165, 1.54) is 11.6 Å². The van der Waals surface area contributed by atoms with E-state index < -0.39 is 0 Å². The van der Waals surface area contributed by atoms with Crippen LogP contribution in [0.25, 0.3) is 0 Å². The molecule has 5 heterocycles. The highest BCUT2D eigenvalue weighted by Crippen LogP contribution is 2.46. The van der Waals surface area contributed by atoms with Crippen LogP contribution in [0.2, 0.25) is 0 Å². The molecule has 3 atom stereocenters. The van der Waals surface area contributed by atoms with Gasteiger partial charge in [0.1, 0.15) is 5.56 Å². The molecule has 5 heteroatoms. The highest BCUT2D eigenvalue weighted by molar-refractivity contribution is 5.94. The van der Waals surface area contributed by atoms with Crippen molar-refractivity contribution >= 4 is 5.91 Å². The second-order valence-corrected chi connectivity index (χ2v) is 8.22. The third kappa shape index (κ3) is 2.64. The van der Waals surface area contributed by atoms with Crippen LogP contribution in [0.15, 0.2) is 47.4 Å². The maximum Gasteiger partial charge on any atom is 0.259 e. The van der Waals surface area contributed by atoms with Crippen LogP contribution in [0, 0.1) is 12.8 Å². The van der Waals surface area contributed by atoms with Crippen LogP contribution in [0.1, 0.15) is 40.4 Å². The molecule has 0 unspecified atom stereocenters. The Morgan fingerprint density at radius 3 is 2.56 bits per heavy atom. The van der Waals surface area contributed by atoms with Gasteiger partial charge in [0.2, 0.25) is 0 Å². The Hall–Kier alpha value is -2.40. The first-order valence-electron chi connectivity index (χ1n) is 9.93. The third-order valence-electron chi connectivity index (χ3n) is 6.77. The van der Waals surface area contributed by atoms with Crippen molar-refractivity contribution in [1.29, 1.82) is 0 Å². The van der Waals surface area contributed by atoms with Crippen LogP contribution in [0.5, 0.6) is 0 Å². The van der Waals surface area contributed by atoms with Crippen molar-refractivity contribution < 1.29 is 4.79 Å². The summed E-state index contributed by atoms with van der Waals surface area (Å²) in [6.07, 6.45) is 3.89. The van der Waals surface area contributed by atoms with Crippen molar-refractivity contribution in [3.05, 3.63) is 69.6 Å². The van der Waals surface area contributed by atoms with Crippen LogP contribution >= 0.6 is 0 Å². The molecule has 0 aliphatic carbocycles. The predicted octanol–water partition coefficient (Wildman–Crippen LogP) is 2.39. The van der Waals surface area contributed by atoms with Crippen molar-refractivity contribution in [2.45, 2.75) is 37.8 Å². The quantitative estimate of drug-likeness (QED) is 0.891. The number of aromatic nitrogens is 1. The average Bonchev–Trinajstić information content (AvgIpc) is 3.12. The molecular weight excluding hydrogens is 338 g/mol. The fourth-order valence-electron chi connectivity index (χ4n) is 5.54. The number of fused-ring (bicyclic) bond motifs is 2. The number of piperidine rings is 3. The standard InChI is InChI=1S/C22H25N3O2/c1-14-11-19(26)17(12-23-14)22(27)25-13-18(15-5-3-2-4-6-15)21-20(25)16-7-9-24(21)10-8-16/h2-6,11-12,16,18,20-21H,7-10,13H2,1H3,(H,23,26)/t18-,20-,21-/m1/s1. The number of carbonyl (C=O) groups excluding carboxylic acids is 1. The summed E-state index contributed by atoms with van der Waals surface area (Å²) in [6.45, 7) is 4.78. The zero-order valence-electron chi connectivity index (χ0n) is 15.6. The zero-order valence-corrected chi connectivity index (χ0v) is 15.6. The van der Waals surface area contributed by atoms with Crippen LogP contribution in [-0.4, -0.2) is 52.4 Å². The first-order valence-corrected chi connectivity index (χ1v) is 9.93. The van der Waals surface area contributed by atoms with E-state index in [-0.39, 0.29) is 22.9 Å². The molecule has 27 heavy (non-hydrogen) atoms. The molecule has 4 aliphatic rings. The van der Waals surface area contributed by atoms with Gasteiger partial charge in [-0.1, -0.05) is 30.3 Å². The summed E-state index contributed by atoms with van der Waals surface area (Å²) < 4.78 is 0. The number of aryl methyl sites for hydroxylation is 1. The molecule has 4 aliphatic heterocycles. The summed E-state index contributed by atoms with van der Waals surface area (Å²) in [7, 11) is 0. The van der Waals surface area contributed by atoms with Gasteiger partial charge in [-0.25, -0.2) is 0 Å². The number of benzene rings is 1. The Balaban J connectivity index is 1.54. The van der Waals surface area contributed by atoms with E-state index in [1.807, 2.05) is 17.9 Å². The van der Waals surface area contributed by atoms with Gasteiger partial charge < -0.3 is 9.88 Å². The Morgan fingerprint density at radius 2 is 1.85 bits per heavy atom. The van der Waals surface area contributed by atoms with Crippen molar-refractivity contribution in [3.63, 3.8) is 0 Å². The molecule has 2 aromatic rings. The van der Waals surface area contributed by atoms with E-state index in [0.717, 1.165) is 31.6 Å². The molecule has 1 amide bonds. The van der Waals surface area contributed by atoms with Crippen LogP contribution in [0.3, 0.4) is 0 Å². The van der Waals surface area contributed by atoms with E-state index in [4.69, 9.17) is 0 Å². The Bertz CT molecular complexity index is 915. The monoisotopic (exact) mass is 363 g/mol. The molecule has 4 fully saturated rings. The molecule has 4 saturated heterocycles. The summed E-state index contributed by atoms with van der Waals surface area (Å²) in [5.41, 5.74) is 2.16. The zero-order chi connectivity index (χ0) is 18.5. The first-order chi connectivity index (χ1) is 13.1. The van der Waals surface area contributed by atoms with E-state index in [1.54, 1.807) is 6.20 Å². The van der Waals surface area contributed by atoms with Crippen molar-refractivity contribution in [2.75, 3.05) is 19.6 Å². The number of hydrogen-bond acceptors (Lipinski definition) is 3. The van der Waals surface area contributed by atoms with Gasteiger partial charge in [0, 0.05) is 36.5 Å². The third-order valence-corrected chi connectivity index (χ3v) is 6.77. The normalized spacial score (nSPS) is 31.7. The van der Waals surface area contributed by atoms with Gasteiger partial charge >= 0.3 is 0 Å². The molecular formula is C22H25N3O2. The maximum absolute atomic E-state index is 13.4. The molecule has 6 rings (SSSR count). The number of H-pyrrole nitrogens is 1. The molecule has 1 aromatic heterocycles. The number of likely N-dealkylation sites (tertiary alicyclic amines) is 1. The number of rotatable bonds is 2. The van der Waals surface area contributed by atoms with Gasteiger partial charge in [-0.2, -0.15) is 0 Å². The molecule has 140 valence electrons. The van der Waals surface area contributed by atoms with Gasteiger partial charge in [0.25, 0.3) is 5.91 Å². The molecule has 1 aromatic carbocycles. The van der Waals surface area contributed by atoms with Gasteiger partial charge in [0.15, 0.2) is 5.43 Å².